The monoisotopic (exact) mass is 253 g/mol. The summed E-state index contributed by atoms with van der Waals surface area (Å²) in [4.78, 5) is 0. The molecule has 18 heavy (non-hydrogen) atoms. The maximum atomic E-state index is 13.1. The first-order chi connectivity index (χ1) is 8.34. The van der Waals surface area contributed by atoms with Gasteiger partial charge in [0.15, 0.2) is 0 Å². The standard InChI is InChI=1S/C15H24FNO/c1-5-18-14(15(2,3)4)13(17)10-11-7-6-8-12(16)9-11/h6-9,13-14H,5,10,17H2,1-4H3. The Balaban J connectivity index is 2.75. The van der Waals surface area contributed by atoms with E-state index in [9.17, 15) is 4.39 Å². The van der Waals surface area contributed by atoms with Crippen molar-refractivity contribution in [3.8, 4) is 0 Å². The Labute approximate surface area is 109 Å². The van der Waals surface area contributed by atoms with Gasteiger partial charge in [-0.15, -0.1) is 0 Å². The predicted molar refractivity (Wildman–Crippen MR) is 72.9 cm³/mol. The molecule has 0 aliphatic heterocycles. The highest BCUT2D eigenvalue weighted by Gasteiger charge is 2.30. The van der Waals surface area contributed by atoms with E-state index in [-0.39, 0.29) is 23.4 Å². The van der Waals surface area contributed by atoms with Gasteiger partial charge in [-0.2, -0.15) is 0 Å². The third-order valence-electron chi connectivity index (χ3n) is 2.95. The van der Waals surface area contributed by atoms with E-state index in [1.54, 1.807) is 6.07 Å². The molecule has 1 rings (SSSR count). The highest BCUT2D eigenvalue weighted by Crippen LogP contribution is 2.25. The second kappa shape index (κ2) is 6.30. The molecule has 0 amide bonds. The van der Waals surface area contributed by atoms with Crippen molar-refractivity contribution >= 4 is 0 Å². The topological polar surface area (TPSA) is 35.2 Å². The van der Waals surface area contributed by atoms with Crippen molar-refractivity contribution in [2.75, 3.05) is 6.61 Å². The van der Waals surface area contributed by atoms with E-state index < -0.39 is 0 Å². The van der Waals surface area contributed by atoms with Crippen molar-refractivity contribution in [3.63, 3.8) is 0 Å². The number of halogens is 1. The molecule has 2 atom stereocenters. The van der Waals surface area contributed by atoms with Crippen LogP contribution in [0.4, 0.5) is 4.39 Å². The zero-order valence-corrected chi connectivity index (χ0v) is 11.7. The van der Waals surface area contributed by atoms with E-state index in [2.05, 4.69) is 20.8 Å². The number of benzene rings is 1. The van der Waals surface area contributed by atoms with Gasteiger partial charge in [0.1, 0.15) is 5.82 Å². The van der Waals surface area contributed by atoms with Crippen molar-refractivity contribution in [2.45, 2.75) is 46.3 Å². The van der Waals surface area contributed by atoms with Crippen LogP contribution in [-0.4, -0.2) is 18.8 Å². The summed E-state index contributed by atoms with van der Waals surface area (Å²) in [5, 5.41) is 0. The molecule has 2 unspecified atom stereocenters. The molecule has 0 bridgehead atoms. The fourth-order valence-electron chi connectivity index (χ4n) is 2.24. The van der Waals surface area contributed by atoms with E-state index in [1.165, 1.54) is 12.1 Å². The van der Waals surface area contributed by atoms with Gasteiger partial charge < -0.3 is 10.5 Å². The molecule has 102 valence electrons. The van der Waals surface area contributed by atoms with Crippen LogP contribution in [0.5, 0.6) is 0 Å². The number of ether oxygens (including phenoxy) is 1. The highest BCUT2D eigenvalue weighted by molar-refractivity contribution is 5.17. The molecular weight excluding hydrogens is 229 g/mol. The smallest absolute Gasteiger partial charge is 0.123 e. The summed E-state index contributed by atoms with van der Waals surface area (Å²) in [6.45, 7) is 8.93. The van der Waals surface area contributed by atoms with Gasteiger partial charge in [0.2, 0.25) is 0 Å². The first-order valence-electron chi connectivity index (χ1n) is 6.46. The Morgan fingerprint density at radius 3 is 2.50 bits per heavy atom. The van der Waals surface area contributed by atoms with Crippen molar-refractivity contribution in [3.05, 3.63) is 35.6 Å². The molecule has 0 saturated heterocycles. The van der Waals surface area contributed by atoms with E-state index >= 15 is 0 Å². The van der Waals surface area contributed by atoms with Crippen LogP contribution in [0.15, 0.2) is 24.3 Å². The number of hydrogen-bond acceptors (Lipinski definition) is 2. The number of hydrogen-bond donors (Lipinski definition) is 1. The van der Waals surface area contributed by atoms with Crippen molar-refractivity contribution < 1.29 is 9.13 Å². The summed E-state index contributed by atoms with van der Waals surface area (Å²) in [6.07, 6.45) is 0.588. The van der Waals surface area contributed by atoms with Gasteiger partial charge in [0.25, 0.3) is 0 Å². The van der Waals surface area contributed by atoms with E-state index in [1.807, 2.05) is 13.0 Å². The minimum absolute atomic E-state index is 0.0250. The quantitative estimate of drug-likeness (QED) is 0.875. The van der Waals surface area contributed by atoms with E-state index in [0.29, 0.717) is 13.0 Å². The Bertz CT molecular complexity index is 373. The summed E-state index contributed by atoms with van der Waals surface area (Å²) >= 11 is 0. The van der Waals surface area contributed by atoms with Crippen LogP contribution in [0, 0.1) is 11.2 Å². The van der Waals surface area contributed by atoms with Crippen LogP contribution in [0.2, 0.25) is 0 Å². The van der Waals surface area contributed by atoms with Crippen molar-refractivity contribution in [1.29, 1.82) is 0 Å². The number of nitrogens with two attached hydrogens (primary N) is 1. The third kappa shape index (κ3) is 4.39. The predicted octanol–water partition coefficient (Wildman–Crippen LogP) is 3.15. The second-order valence-corrected chi connectivity index (χ2v) is 5.74. The lowest BCUT2D eigenvalue weighted by Crippen LogP contribution is -2.46. The molecule has 1 aromatic carbocycles. The Morgan fingerprint density at radius 2 is 2.00 bits per heavy atom. The zero-order valence-electron chi connectivity index (χ0n) is 11.7. The highest BCUT2D eigenvalue weighted by atomic mass is 19.1. The van der Waals surface area contributed by atoms with Gasteiger partial charge in [-0.05, 0) is 36.5 Å². The first kappa shape index (κ1) is 15.1. The SMILES string of the molecule is CCOC(C(N)Cc1cccc(F)c1)C(C)(C)C. The van der Waals surface area contributed by atoms with Crippen molar-refractivity contribution in [2.24, 2.45) is 11.1 Å². The van der Waals surface area contributed by atoms with Crippen LogP contribution < -0.4 is 5.73 Å². The Kier molecular flexibility index (Phi) is 5.29. The van der Waals surface area contributed by atoms with Gasteiger partial charge in [-0.25, -0.2) is 4.39 Å². The first-order valence-corrected chi connectivity index (χ1v) is 6.46. The van der Waals surface area contributed by atoms with Crippen LogP contribution in [0.1, 0.15) is 33.3 Å². The van der Waals surface area contributed by atoms with Crippen LogP contribution in [0.25, 0.3) is 0 Å². The largest absolute Gasteiger partial charge is 0.376 e. The molecule has 0 heterocycles. The summed E-state index contributed by atoms with van der Waals surface area (Å²) in [5.41, 5.74) is 7.11. The lowest BCUT2D eigenvalue weighted by molar-refractivity contribution is -0.0274. The fourth-order valence-corrected chi connectivity index (χ4v) is 2.24. The van der Waals surface area contributed by atoms with E-state index in [0.717, 1.165) is 5.56 Å². The molecule has 2 N–H and O–H groups in total. The molecule has 0 fully saturated rings. The summed E-state index contributed by atoms with van der Waals surface area (Å²) < 4.78 is 18.9. The Morgan fingerprint density at radius 1 is 1.33 bits per heavy atom. The molecule has 0 aliphatic carbocycles. The van der Waals surface area contributed by atoms with Crippen molar-refractivity contribution in [1.82, 2.24) is 0 Å². The molecular formula is C15H24FNO. The van der Waals surface area contributed by atoms with E-state index in [4.69, 9.17) is 10.5 Å². The average molecular weight is 253 g/mol. The lowest BCUT2D eigenvalue weighted by atomic mass is 9.82. The maximum absolute atomic E-state index is 13.1. The lowest BCUT2D eigenvalue weighted by Gasteiger charge is -2.35. The van der Waals surface area contributed by atoms with Crippen LogP contribution in [0.3, 0.4) is 0 Å². The molecule has 1 aromatic rings. The minimum Gasteiger partial charge on any atom is -0.376 e. The van der Waals surface area contributed by atoms with Crippen LogP contribution in [-0.2, 0) is 11.2 Å². The molecule has 0 aliphatic rings. The molecule has 0 saturated carbocycles. The minimum atomic E-state index is -0.219. The van der Waals surface area contributed by atoms with Gasteiger partial charge in [0.05, 0.1) is 6.10 Å². The summed E-state index contributed by atoms with van der Waals surface area (Å²) in [7, 11) is 0. The maximum Gasteiger partial charge on any atom is 0.123 e. The van der Waals surface area contributed by atoms with Gasteiger partial charge in [-0.1, -0.05) is 32.9 Å². The zero-order chi connectivity index (χ0) is 13.8. The molecule has 0 spiro atoms. The van der Waals surface area contributed by atoms with Gasteiger partial charge >= 0.3 is 0 Å². The fraction of sp³-hybridized carbons (Fsp3) is 0.600. The third-order valence-corrected chi connectivity index (χ3v) is 2.95. The molecule has 3 heteroatoms. The molecule has 0 aromatic heterocycles. The van der Waals surface area contributed by atoms with Crippen LogP contribution >= 0.6 is 0 Å². The Hall–Kier alpha value is -0.930. The van der Waals surface area contributed by atoms with Gasteiger partial charge in [0, 0.05) is 12.6 Å². The molecule has 0 radical (unpaired) electrons. The second-order valence-electron chi connectivity index (χ2n) is 5.74. The summed E-state index contributed by atoms with van der Waals surface area (Å²) in [5.74, 6) is -0.219. The summed E-state index contributed by atoms with van der Waals surface area (Å²) in [6, 6.07) is 6.45. The number of rotatable bonds is 5. The normalized spacial score (nSPS) is 15.4. The van der Waals surface area contributed by atoms with Gasteiger partial charge in [-0.3, -0.25) is 0 Å². The average Bonchev–Trinajstić information content (AvgIpc) is 2.24. The molecule has 2 nitrogen and oxygen atoms in total.